The van der Waals surface area contributed by atoms with Crippen molar-refractivity contribution in [2.75, 3.05) is 19.8 Å². The Morgan fingerprint density at radius 3 is 0.965 bits per heavy atom. The SMILES string of the molecule is CCCCCCCCCCCCOc1cc(COc2c(F)c(F)cc(F)c2F)cc(OCCCCCCCCCCCC)c1OCCCCCCCCCCCC. The molecule has 0 aliphatic rings. The zero-order valence-electron chi connectivity index (χ0n) is 36.4. The molecule has 0 aromatic heterocycles. The van der Waals surface area contributed by atoms with Crippen LogP contribution in [0.1, 0.15) is 219 Å². The normalized spacial score (nSPS) is 11.4. The van der Waals surface area contributed by atoms with Gasteiger partial charge in [0.2, 0.25) is 17.4 Å². The fraction of sp³-hybridized carbons (Fsp3) is 0.755. The fourth-order valence-electron chi connectivity index (χ4n) is 7.21. The average Bonchev–Trinajstić information content (AvgIpc) is 3.20. The van der Waals surface area contributed by atoms with Crippen molar-refractivity contribution in [2.45, 2.75) is 220 Å². The monoisotopic (exact) mass is 809 g/mol. The molecule has 0 saturated heterocycles. The molecule has 8 heteroatoms. The highest BCUT2D eigenvalue weighted by molar-refractivity contribution is 5.54. The van der Waals surface area contributed by atoms with Gasteiger partial charge in [0.25, 0.3) is 0 Å². The molecule has 0 saturated carbocycles. The van der Waals surface area contributed by atoms with E-state index in [1.807, 2.05) is 0 Å². The Balaban J connectivity index is 2.10. The molecule has 2 rings (SSSR count). The summed E-state index contributed by atoms with van der Waals surface area (Å²) in [7, 11) is 0. The third-order valence-electron chi connectivity index (χ3n) is 10.8. The highest BCUT2D eigenvalue weighted by Gasteiger charge is 2.22. The lowest BCUT2D eigenvalue weighted by Crippen LogP contribution is -2.08. The molecule has 2 aromatic rings. The third kappa shape index (κ3) is 23.5. The van der Waals surface area contributed by atoms with Crippen LogP contribution in [0, 0.1) is 23.3 Å². The first-order valence-electron chi connectivity index (χ1n) is 23.4. The maximum Gasteiger partial charge on any atom is 0.203 e. The number of halogens is 4. The molecule has 0 N–H and O–H groups in total. The molecule has 0 amide bonds. The van der Waals surface area contributed by atoms with E-state index in [0.717, 1.165) is 51.4 Å². The number of hydrogen-bond acceptors (Lipinski definition) is 4. The van der Waals surface area contributed by atoms with Crippen LogP contribution in [-0.4, -0.2) is 19.8 Å². The molecule has 0 bridgehead atoms. The zero-order valence-corrected chi connectivity index (χ0v) is 36.4. The van der Waals surface area contributed by atoms with Gasteiger partial charge in [0.05, 0.1) is 19.8 Å². The summed E-state index contributed by atoms with van der Waals surface area (Å²) >= 11 is 0. The minimum atomic E-state index is -1.57. The van der Waals surface area contributed by atoms with Gasteiger partial charge in [-0.3, -0.25) is 0 Å². The summed E-state index contributed by atoms with van der Waals surface area (Å²) in [4.78, 5) is 0. The van der Waals surface area contributed by atoms with Crippen molar-refractivity contribution in [3.8, 4) is 23.0 Å². The maximum absolute atomic E-state index is 14.5. The molecule has 57 heavy (non-hydrogen) atoms. The Morgan fingerprint density at radius 1 is 0.333 bits per heavy atom. The fourth-order valence-corrected chi connectivity index (χ4v) is 7.21. The molecule has 0 aliphatic carbocycles. The summed E-state index contributed by atoms with van der Waals surface area (Å²) in [5, 5.41) is 0. The first-order valence-corrected chi connectivity index (χ1v) is 23.4. The molecule has 0 aliphatic heterocycles. The maximum atomic E-state index is 14.5. The lowest BCUT2D eigenvalue weighted by molar-refractivity contribution is 0.230. The van der Waals surface area contributed by atoms with Gasteiger partial charge in [-0.05, 0) is 37.0 Å². The minimum absolute atomic E-state index is 0.178. The molecule has 0 heterocycles. The molecule has 328 valence electrons. The molecule has 4 nitrogen and oxygen atoms in total. The Morgan fingerprint density at radius 2 is 0.632 bits per heavy atom. The van der Waals surface area contributed by atoms with E-state index in [2.05, 4.69) is 20.8 Å². The van der Waals surface area contributed by atoms with Gasteiger partial charge in [0.1, 0.15) is 6.61 Å². The number of ether oxygens (including phenoxy) is 4. The Hall–Kier alpha value is -2.64. The quantitative estimate of drug-likeness (QED) is 0.0383. The van der Waals surface area contributed by atoms with E-state index >= 15 is 0 Å². The number of unbranched alkanes of at least 4 members (excludes halogenated alkanes) is 27. The first kappa shape index (κ1) is 50.5. The molecule has 0 spiro atoms. The van der Waals surface area contributed by atoms with Crippen molar-refractivity contribution in [2.24, 2.45) is 0 Å². The lowest BCUT2D eigenvalue weighted by Gasteiger charge is -2.19. The summed E-state index contributed by atoms with van der Waals surface area (Å²) in [6.45, 7) is 7.84. The third-order valence-corrected chi connectivity index (χ3v) is 10.8. The van der Waals surface area contributed by atoms with E-state index in [1.54, 1.807) is 12.1 Å². The van der Waals surface area contributed by atoms with E-state index in [-0.39, 0.29) is 12.7 Å². The van der Waals surface area contributed by atoms with Crippen molar-refractivity contribution < 1.29 is 36.5 Å². The summed E-state index contributed by atoms with van der Waals surface area (Å²) in [5.74, 6) is -5.79. The number of rotatable bonds is 39. The molecular formula is C49H80F4O4. The lowest BCUT2D eigenvalue weighted by atomic mass is 10.1. The van der Waals surface area contributed by atoms with Gasteiger partial charge in [-0.15, -0.1) is 0 Å². The van der Waals surface area contributed by atoms with Crippen molar-refractivity contribution in [3.63, 3.8) is 0 Å². The highest BCUT2D eigenvalue weighted by Crippen LogP contribution is 2.40. The van der Waals surface area contributed by atoms with Crippen LogP contribution in [0.25, 0.3) is 0 Å². The van der Waals surface area contributed by atoms with Crippen LogP contribution >= 0.6 is 0 Å². The van der Waals surface area contributed by atoms with E-state index in [0.29, 0.717) is 42.6 Å². The van der Waals surface area contributed by atoms with Gasteiger partial charge in [-0.25, -0.2) is 8.78 Å². The van der Waals surface area contributed by atoms with Crippen LogP contribution in [0.2, 0.25) is 0 Å². The van der Waals surface area contributed by atoms with Crippen LogP contribution < -0.4 is 18.9 Å². The summed E-state index contributed by atoms with van der Waals surface area (Å²) in [6, 6.07) is 3.63. The molecule has 0 fully saturated rings. The van der Waals surface area contributed by atoms with Gasteiger partial charge < -0.3 is 18.9 Å². The molecule has 2 aromatic carbocycles. The van der Waals surface area contributed by atoms with Crippen LogP contribution in [-0.2, 0) is 6.61 Å². The minimum Gasteiger partial charge on any atom is -0.490 e. The average molecular weight is 809 g/mol. The van der Waals surface area contributed by atoms with E-state index in [1.165, 1.54) is 141 Å². The van der Waals surface area contributed by atoms with Gasteiger partial charge in [0.15, 0.2) is 28.9 Å². The van der Waals surface area contributed by atoms with E-state index < -0.39 is 29.0 Å². The largest absolute Gasteiger partial charge is 0.490 e. The second kappa shape index (κ2) is 34.2. The zero-order chi connectivity index (χ0) is 41.2. The summed E-state index contributed by atoms with van der Waals surface area (Å²) < 4.78 is 81.4. The van der Waals surface area contributed by atoms with E-state index in [4.69, 9.17) is 18.9 Å². The van der Waals surface area contributed by atoms with Crippen LogP contribution in [0.15, 0.2) is 18.2 Å². The molecule has 0 radical (unpaired) electrons. The Bertz CT molecular complexity index is 1200. The van der Waals surface area contributed by atoms with Crippen molar-refractivity contribution in [1.82, 2.24) is 0 Å². The number of hydrogen-bond donors (Lipinski definition) is 0. The second-order valence-electron chi connectivity index (χ2n) is 16.1. The summed E-state index contributed by atoms with van der Waals surface area (Å²) in [6.07, 6.45) is 36.4. The van der Waals surface area contributed by atoms with Crippen LogP contribution in [0.3, 0.4) is 0 Å². The Kier molecular flexibility index (Phi) is 30.3. The van der Waals surface area contributed by atoms with Crippen molar-refractivity contribution in [3.05, 3.63) is 47.0 Å². The highest BCUT2D eigenvalue weighted by atomic mass is 19.2. The van der Waals surface area contributed by atoms with Crippen LogP contribution in [0.4, 0.5) is 17.6 Å². The number of benzene rings is 2. The standard InChI is InChI=1S/C49H80F4O4/c1-4-7-10-13-16-19-22-25-28-31-34-54-44-37-41(40-57-49-46(52)42(50)39-43(51)47(49)53)38-45(55-35-32-29-26-23-20-17-14-11-8-5-2)48(44)56-36-33-30-27-24-21-18-15-12-9-6-3/h37-39H,4-36,40H2,1-3H3. The van der Waals surface area contributed by atoms with Gasteiger partial charge in [0, 0.05) is 6.07 Å². The van der Waals surface area contributed by atoms with Crippen molar-refractivity contribution in [1.29, 1.82) is 0 Å². The second-order valence-corrected chi connectivity index (χ2v) is 16.1. The predicted octanol–water partition coefficient (Wildman–Crippen LogP) is 16.7. The van der Waals surface area contributed by atoms with Crippen molar-refractivity contribution >= 4 is 0 Å². The molecule has 0 atom stereocenters. The smallest absolute Gasteiger partial charge is 0.203 e. The van der Waals surface area contributed by atoms with Gasteiger partial charge in [-0.2, -0.15) is 8.78 Å². The molecular weight excluding hydrogens is 729 g/mol. The van der Waals surface area contributed by atoms with Crippen LogP contribution in [0.5, 0.6) is 23.0 Å². The predicted molar refractivity (Wildman–Crippen MR) is 229 cm³/mol. The van der Waals surface area contributed by atoms with Gasteiger partial charge in [-0.1, -0.05) is 194 Å². The van der Waals surface area contributed by atoms with Gasteiger partial charge >= 0.3 is 0 Å². The van der Waals surface area contributed by atoms with E-state index in [9.17, 15) is 17.6 Å². The molecule has 0 unspecified atom stereocenters. The summed E-state index contributed by atoms with van der Waals surface area (Å²) in [5.41, 5.74) is 0.487. The Labute approximate surface area is 345 Å². The topological polar surface area (TPSA) is 36.9 Å². The first-order chi connectivity index (χ1) is 27.9.